The van der Waals surface area contributed by atoms with Gasteiger partial charge in [0.1, 0.15) is 5.69 Å². The molecular formula is C36H37F3N8O2. The van der Waals surface area contributed by atoms with Gasteiger partial charge < -0.3 is 25.8 Å². The van der Waals surface area contributed by atoms with Crippen LogP contribution in [0, 0.1) is 11.8 Å². The third kappa shape index (κ3) is 7.61. The van der Waals surface area contributed by atoms with Crippen LogP contribution in [-0.4, -0.2) is 75.9 Å². The van der Waals surface area contributed by atoms with Gasteiger partial charge in [0.05, 0.1) is 28.8 Å². The van der Waals surface area contributed by atoms with E-state index in [2.05, 4.69) is 37.3 Å². The highest BCUT2D eigenvalue weighted by Crippen LogP contribution is 2.35. The smallest absolute Gasteiger partial charge is 0.368 e. The topological polar surface area (TPSA) is 121 Å². The van der Waals surface area contributed by atoms with Gasteiger partial charge in [0, 0.05) is 68.8 Å². The van der Waals surface area contributed by atoms with Crippen LogP contribution in [-0.2, 0) is 37.4 Å². The number of nitrogens with two attached hydrogens (primary N) is 1. The van der Waals surface area contributed by atoms with E-state index in [1.165, 1.54) is 18.3 Å². The maximum absolute atomic E-state index is 14.1. The molecule has 2 amide bonds. The van der Waals surface area contributed by atoms with Crippen LogP contribution in [0.2, 0.25) is 0 Å². The zero-order valence-electron chi connectivity index (χ0n) is 27.5. The van der Waals surface area contributed by atoms with E-state index in [1.807, 2.05) is 30.6 Å². The molecule has 254 valence electrons. The maximum Gasteiger partial charge on any atom is 0.416 e. The molecule has 2 aliphatic rings. The van der Waals surface area contributed by atoms with E-state index in [-0.39, 0.29) is 36.1 Å². The molecule has 2 aromatic carbocycles. The SMILES string of the molecule is CN(C)[C@@H]1CCN(Cc2ccc(NC(=O)Cc3cccc(C#Cc4cnc(N)nc4-c4cc5c(n4C)CCNC5=O)c3)cc2C(F)(F)F)C1. The van der Waals surface area contributed by atoms with Crippen LogP contribution < -0.4 is 16.4 Å². The molecule has 0 bridgehead atoms. The van der Waals surface area contributed by atoms with Crippen LogP contribution in [0.1, 0.15) is 50.3 Å². The van der Waals surface area contributed by atoms with E-state index in [0.29, 0.717) is 59.2 Å². The maximum atomic E-state index is 14.1. The van der Waals surface area contributed by atoms with Crippen molar-refractivity contribution in [3.05, 3.63) is 93.8 Å². The number of rotatable bonds is 7. The van der Waals surface area contributed by atoms with Gasteiger partial charge in [-0.3, -0.25) is 14.5 Å². The number of aromatic nitrogens is 3. The van der Waals surface area contributed by atoms with Gasteiger partial charge in [0.25, 0.3) is 5.91 Å². The Labute approximate surface area is 282 Å². The molecule has 4 aromatic rings. The number of carbonyl (C=O) groups is 2. The summed E-state index contributed by atoms with van der Waals surface area (Å²) in [5.41, 5.74) is 9.83. The summed E-state index contributed by atoms with van der Waals surface area (Å²) in [6.45, 7) is 2.17. The van der Waals surface area contributed by atoms with Gasteiger partial charge >= 0.3 is 6.18 Å². The number of nitrogens with one attached hydrogen (secondary N) is 2. The number of halogens is 3. The Balaban J connectivity index is 1.16. The molecule has 0 aliphatic carbocycles. The molecule has 49 heavy (non-hydrogen) atoms. The molecule has 1 saturated heterocycles. The number of amides is 2. The Hall–Kier alpha value is -5.19. The summed E-state index contributed by atoms with van der Waals surface area (Å²) >= 11 is 0. The Morgan fingerprint density at radius 1 is 1.16 bits per heavy atom. The van der Waals surface area contributed by atoms with E-state index < -0.39 is 17.6 Å². The quantitative estimate of drug-likeness (QED) is 0.254. The van der Waals surface area contributed by atoms with Crippen molar-refractivity contribution in [3.8, 4) is 23.2 Å². The first-order valence-electron chi connectivity index (χ1n) is 15.9. The number of alkyl halides is 3. The zero-order valence-corrected chi connectivity index (χ0v) is 27.5. The van der Waals surface area contributed by atoms with Crippen molar-refractivity contribution < 1.29 is 22.8 Å². The lowest BCUT2D eigenvalue weighted by atomic mass is 10.0. The normalized spacial score (nSPS) is 16.2. The Bertz CT molecular complexity index is 1970. The lowest BCUT2D eigenvalue weighted by molar-refractivity contribution is -0.138. The molecule has 6 rings (SSSR count). The van der Waals surface area contributed by atoms with Crippen molar-refractivity contribution in [2.45, 2.75) is 38.0 Å². The van der Waals surface area contributed by atoms with Crippen LogP contribution in [0.4, 0.5) is 24.8 Å². The average Bonchev–Trinajstić information content (AvgIpc) is 3.66. The fraction of sp³-hybridized carbons (Fsp3) is 0.333. The standard InChI is InChI=1S/C36H37F3N8O2/c1-45(2)27-12-14-47(21-27)20-25-9-10-26(17-29(25)36(37,38)39)43-32(48)16-23-6-4-5-22(15-23)7-8-24-19-42-35(40)44-33(24)31-18-28-30(46(31)3)11-13-41-34(28)49/h4-6,9-10,15,17-19,27H,11-14,16,20-21H2,1-3H3,(H,41,49)(H,43,48)(H2,40,42,44)/t27-/m1/s1. The zero-order chi connectivity index (χ0) is 34.9. The van der Waals surface area contributed by atoms with Crippen LogP contribution in [0.5, 0.6) is 0 Å². The summed E-state index contributed by atoms with van der Waals surface area (Å²) in [5, 5.41) is 5.48. The van der Waals surface area contributed by atoms with Crippen molar-refractivity contribution in [2.24, 2.45) is 7.05 Å². The van der Waals surface area contributed by atoms with Crippen molar-refractivity contribution >= 4 is 23.5 Å². The second-order valence-corrected chi connectivity index (χ2v) is 12.6. The predicted octanol–water partition coefficient (Wildman–Crippen LogP) is 4.09. The molecule has 2 aromatic heterocycles. The lowest BCUT2D eigenvalue weighted by Gasteiger charge is -2.22. The first kappa shape index (κ1) is 33.7. The van der Waals surface area contributed by atoms with Gasteiger partial charge in [-0.05, 0) is 62.0 Å². The minimum atomic E-state index is -4.56. The van der Waals surface area contributed by atoms with Crippen LogP contribution in [0.3, 0.4) is 0 Å². The summed E-state index contributed by atoms with van der Waals surface area (Å²) in [6, 6.07) is 13.1. The van der Waals surface area contributed by atoms with E-state index in [0.717, 1.165) is 24.7 Å². The Kier molecular flexibility index (Phi) is 9.45. The predicted molar refractivity (Wildman–Crippen MR) is 180 cm³/mol. The van der Waals surface area contributed by atoms with E-state index >= 15 is 0 Å². The average molecular weight is 671 g/mol. The molecule has 1 atom stereocenters. The summed E-state index contributed by atoms with van der Waals surface area (Å²) in [5.74, 6) is 5.66. The lowest BCUT2D eigenvalue weighted by Crippen LogP contribution is -2.31. The van der Waals surface area contributed by atoms with E-state index in [4.69, 9.17) is 5.73 Å². The molecule has 10 nitrogen and oxygen atoms in total. The molecule has 1 fully saturated rings. The molecule has 0 unspecified atom stereocenters. The number of hydrogen-bond acceptors (Lipinski definition) is 7. The number of fused-ring (bicyclic) bond motifs is 1. The first-order valence-corrected chi connectivity index (χ1v) is 15.9. The second-order valence-electron chi connectivity index (χ2n) is 12.6. The van der Waals surface area contributed by atoms with Crippen LogP contribution in [0.15, 0.2) is 54.7 Å². The number of nitrogen functional groups attached to an aromatic ring is 1. The van der Waals surface area contributed by atoms with E-state index in [9.17, 15) is 22.8 Å². The van der Waals surface area contributed by atoms with Gasteiger partial charge in [0.2, 0.25) is 11.9 Å². The Morgan fingerprint density at radius 3 is 2.71 bits per heavy atom. The first-order chi connectivity index (χ1) is 23.4. The number of likely N-dealkylation sites (N-methyl/N-ethyl adjacent to an activating group) is 1. The van der Waals surface area contributed by atoms with Crippen LogP contribution in [0.25, 0.3) is 11.4 Å². The fourth-order valence-electron chi connectivity index (χ4n) is 6.40. The number of nitrogens with zero attached hydrogens (tertiary/aromatic N) is 5. The summed E-state index contributed by atoms with van der Waals surface area (Å²) in [7, 11) is 5.82. The number of carbonyl (C=O) groups excluding carboxylic acids is 2. The molecule has 4 N–H and O–H groups in total. The number of anilines is 2. The monoisotopic (exact) mass is 670 g/mol. The van der Waals surface area contributed by atoms with Gasteiger partial charge in [-0.25, -0.2) is 9.97 Å². The van der Waals surface area contributed by atoms with Crippen molar-refractivity contribution in [1.29, 1.82) is 0 Å². The highest BCUT2D eigenvalue weighted by atomic mass is 19.4. The minimum Gasteiger partial charge on any atom is -0.368 e. The molecule has 0 saturated carbocycles. The van der Waals surface area contributed by atoms with Crippen molar-refractivity contribution in [3.63, 3.8) is 0 Å². The summed E-state index contributed by atoms with van der Waals surface area (Å²) in [4.78, 5) is 38.0. The van der Waals surface area contributed by atoms with Crippen LogP contribution >= 0.6 is 0 Å². The third-order valence-electron chi connectivity index (χ3n) is 9.00. The molecule has 0 spiro atoms. The molecule has 4 heterocycles. The minimum absolute atomic E-state index is 0.0640. The van der Waals surface area contributed by atoms with Crippen molar-refractivity contribution in [1.82, 2.24) is 29.7 Å². The van der Waals surface area contributed by atoms with Gasteiger partial charge in [-0.2, -0.15) is 13.2 Å². The van der Waals surface area contributed by atoms with Crippen molar-refractivity contribution in [2.75, 3.05) is 44.8 Å². The highest BCUT2D eigenvalue weighted by molar-refractivity contribution is 5.98. The van der Waals surface area contributed by atoms with E-state index in [1.54, 1.807) is 30.3 Å². The third-order valence-corrected chi connectivity index (χ3v) is 9.00. The van der Waals surface area contributed by atoms with Gasteiger partial charge in [0.15, 0.2) is 0 Å². The number of likely N-dealkylation sites (tertiary alicyclic amines) is 1. The fourth-order valence-corrected chi connectivity index (χ4v) is 6.40. The highest BCUT2D eigenvalue weighted by Gasteiger charge is 2.35. The molecule has 13 heteroatoms. The second kappa shape index (κ2) is 13.7. The molecule has 2 aliphatic heterocycles. The van der Waals surface area contributed by atoms with Gasteiger partial charge in [-0.15, -0.1) is 0 Å². The molecule has 0 radical (unpaired) electrons. The summed E-state index contributed by atoms with van der Waals surface area (Å²) in [6.07, 6.45) is -1.51. The van der Waals surface area contributed by atoms with Gasteiger partial charge in [-0.1, -0.05) is 30.0 Å². The largest absolute Gasteiger partial charge is 0.416 e. The Morgan fingerprint density at radius 2 is 1.98 bits per heavy atom. The number of benzene rings is 2. The number of hydrogen-bond donors (Lipinski definition) is 3. The summed E-state index contributed by atoms with van der Waals surface area (Å²) < 4.78 is 44.1. The molecular weight excluding hydrogens is 633 g/mol.